The van der Waals surface area contributed by atoms with Crippen molar-refractivity contribution in [3.63, 3.8) is 0 Å². The van der Waals surface area contributed by atoms with Crippen LogP contribution < -0.4 is 5.43 Å². The molecule has 166 valence electrons. The molecule has 2 N–H and O–H groups in total. The lowest BCUT2D eigenvalue weighted by molar-refractivity contribution is -0.118. The number of aromatic hydroxyl groups is 1. The fraction of sp³-hybridized carbons (Fsp3) is 0.0870. The van der Waals surface area contributed by atoms with Gasteiger partial charge in [0.1, 0.15) is 5.75 Å². The number of hydrogen-bond acceptors (Lipinski definition) is 7. The molecule has 0 saturated carbocycles. The smallest absolute Gasteiger partial charge is 0.250 e. The monoisotopic (exact) mass is 522 g/mol. The van der Waals surface area contributed by atoms with Crippen LogP contribution in [-0.4, -0.2) is 42.2 Å². The molecule has 0 unspecified atom stereocenters. The average Bonchev–Trinajstić information content (AvgIpc) is 3.26. The van der Waals surface area contributed by atoms with Crippen LogP contribution in [-0.2, 0) is 4.79 Å². The summed E-state index contributed by atoms with van der Waals surface area (Å²) < 4.78 is 2.87. The number of amides is 1. The molecule has 2 aromatic carbocycles. The van der Waals surface area contributed by atoms with Crippen LogP contribution in [0, 0.1) is 0 Å². The highest BCUT2D eigenvalue weighted by molar-refractivity contribution is 9.10. The Bertz CT molecular complexity index is 1270. The van der Waals surface area contributed by atoms with Gasteiger partial charge in [0, 0.05) is 28.1 Å². The number of phenolic OH excluding ortho intramolecular Hbond substituents is 1. The minimum absolute atomic E-state index is 0.108. The predicted octanol–water partition coefficient (Wildman–Crippen LogP) is 4.43. The number of phenols is 1. The highest BCUT2D eigenvalue weighted by Crippen LogP contribution is 2.28. The van der Waals surface area contributed by atoms with Gasteiger partial charge in [0.15, 0.2) is 11.0 Å². The van der Waals surface area contributed by atoms with Crippen molar-refractivity contribution in [3.8, 4) is 22.8 Å². The third-order valence-corrected chi connectivity index (χ3v) is 6.08. The van der Waals surface area contributed by atoms with Crippen LogP contribution in [0.2, 0.25) is 0 Å². The second-order valence-electron chi connectivity index (χ2n) is 6.92. The minimum atomic E-state index is -0.269. The maximum absolute atomic E-state index is 12.4. The molecule has 0 saturated heterocycles. The second-order valence-corrected chi connectivity index (χ2v) is 8.78. The summed E-state index contributed by atoms with van der Waals surface area (Å²) >= 11 is 4.72. The molecule has 33 heavy (non-hydrogen) atoms. The Kier molecular flexibility index (Phi) is 7.16. The number of hydrazone groups is 1. The Hall–Kier alpha value is -3.50. The largest absolute Gasteiger partial charge is 0.508 e. The summed E-state index contributed by atoms with van der Waals surface area (Å²) in [6.07, 6.45) is 3.40. The van der Waals surface area contributed by atoms with E-state index in [4.69, 9.17) is 0 Å². The topological polar surface area (TPSA) is 105 Å². The molecule has 0 aliphatic carbocycles. The van der Waals surface area contributed by atoms with E-state index in [1.807, 2.05) is 41.0 Å². The SMILES string of the molecule is C/C(=N\NC(=O)CSc1nnc(-c2ccncc2)n1-c1ccc(Br)cc1)c1ccc(O)cc1. The van der Waals surface area contributed by atoms with Crippen molar-refractivity contribution in [2.75, 3.05) is 5.75 Å². The van der Waals surface area contributed by atoms with Gasteiger partial charge in [0.25, 0.3) is 5.91 Å². The van der Waals surface area contributed by atoms with Crippen molar-refractivity contribution in [1.82, 2.24) is 25.2 Å². The molecule has 0 atom stereocenters. The first kappa shape index (κ1) is 22.7. The van der Waals surface area contributed by atoms with E-state index in [0.29, 0.717) is 16.7 Å². The first-order valence-electron chi connectivity index (χ1n) is 9.88. The molecular formula is C23H19BrN6O2S. The number of nitrogens with one attached hydrogen (secondary N) is 1. The molecule has 4 aromatic rings. The quantitative estimate of drug-likeness (QED) is 0.211. The van der Waals surface area contributed by atoms with Crippen LogP contribution in [0.1, 0.15) is 12.5 Å². The van der Waals surface area contributed by atoms with Crippen LogP contribution >= 0.6 is 27.7 Å². The van der Waals surface area contributed by atoms with E-state index in [9.17, 15) is 9.90 Å². The van der Waals surface area contributed by atoms with Crippen molar-refractivity contribution >= 4 is 39.3 Å². The van der Waals surface area contributed by atoms with Crippen LogP contribution in [0.25, 0.3) is 17.1 Å². The van der Waals surface area contributed by atoms with Gasteiger partial charge < -0.3 is 5.11 Å². The lowest BCUT2D eigenvalue weighted by atomic mass is 10.1. The summed E-state index contributed by atoms with van der Waals surface area (Å²) in [5.41, 5.74) is 5.74. The van der Waals surface area contributed by atoms with Crippen LogP contribution in [0.5, 0.6) is 5.75 Å². The highest BCUT2D eigenvalue weighted by Gasteiger charge is 2.17. The number of carbonyl (C=O) groups is 1. The number of pyridine rings is 1. The lowest BCUT2D eigenvalue weighted by Gasteiger charge is -2.10. The van der Waals surface area contributed by atoms with Crippen molar-refractivity contribution in [2.24, 2.45) is 5.10 Å². The fourth-order valence-electron chi connectivity index (χ4n) is 2.95. The minimum Gasteiger partial charge on any atom is -0.508 e. The van der Waals surface area contributed by atoms with Gasteiger partial charge in [-0.2, -0.15) is 5.10 Å². The number of rotatable bonds is 7. The maximum atomic E-state index is 12.4. The summed E-state index contributed by atoms with van der Waals surface area (Å²) in [7, 11) is 0. The van der Waals surface area contributed by atoms with Gasteiger partial charge in [-0.1, -0.05) is 27.7 Å². The van der Waals surface area contributed by atoms with Gasteiger partial charge in [-0.05, 0) is 73.2 Å². The molecule has 4 rings (SSSR count). The zero-order chi connectivity index (χ0) is 23.2. The van der Waals surface area contributed by atoms with E-state index in [1.54, 1.807) is 43.6 Å². The Balaban J connectivity index is 1.51. The van der Waals surface area contributed by atoms with Crippen LogP contribution in [0.15, 0.2) is 87.8 Å². The van der Waals surface area contributed by atoms with Crippen molar-refractivity contribution in [3.05, 3.63) is 83.1 Å². The molecule has 0 bridgehead atoms. The van der Waals surface area contributed by atoms with Crippen molar-refractivity contribution < 1.29 is 9.90 Å². The molecule has 10 heteroatoms. The molecular weight excluding hydrogens is 504 g/mol. The molecule has 0 radical (unpaired) electrons. The van der Waals surface area contributed by atoms with E-state index < -0.39 is 0 Å². The molecule has 0 spiro atoms. The molecule has 2 aromatic heterocycles. The Morgan fingerprint density at radius 1 is 1.06 bits per heavy atom. The lowest BCUT2D eigenvalue weighted by Crippen LogP contribution is -2.21. The Morgan fingerprint density at radius 3 is 2.45 bits per heavy atom. The standard InChI is InChI=1S/C23H19BrN6O2S/c1-15(16-2-8-20(31)9-3-16)26-27-21(32)14-33-23-29-28-22(17-10-12-25-13-11-17)30(23)19-6-4-18(24)5-7-19/h2-13,31H,14H2,1H3,(H,27,32)/b26-15+. The molecule has 8 nitrogen and oxygen atoms in total. The Morgan fingerprint density at radius 2 is 1.76 bits per heavy atom. The molecule has 0 fully saturated rings. The van der Waals surface area contributed by atoms with Crippen LogP contribution in [0.3, 0.4) is 0 Å². The van der Waals surface area contributed by atoms with Gasteiger partial charge in [-0.15, -0.1) is 10.2 Å². The van der Waals surface area contributed by atoms with Crippen molar-refractivity contribution in [2.45, 2.75) is 12.1 Å². The summed E-state index contributed by atoms with van der Waals surface area (Å²) in [6.45, 7) is 1.78. The third kappa shape index (κ3) is 5.65. The van der Waals surface area contributed by atoms with E-state index in [-0.39, 0.29) is 17.4 Å². The first-order chi connectivity index (χ1) is 16.0. The van der Waals surface area contributed by atoms with Gasteiger partial charge >= 0.3 is 0 Å². The number of halogens is 1. The van der Waals surface area contributed by atoms with E-state index in [0.717, 1.165) is 21.3 Å². The first-order valence-corrected chi connectivity index (χ1v) is 11.7. The number of aromatic nitrogens is 4. The summed E-state index contributed by atoms with van der Waals surface area (Å²) in [6, 6.07) is 18.1. The maximum Gasteiger partial charge on any atom is 0.250 e. The number of thioether (sulfide) groups is 1. The number of benzene rings is 2. The van der Waals surface area contributed by atoms with Crippen molar-refractivity contribution in [1.29, 1.82) is 0 Å². The zero-order valence-corrected chi connectivity index (χ0v) is 19.9. The normalized spacial score (nSPS) is 11.4. The number of hydrogen-bond donors (Lipinski definition) is 2. The van der Waals surface area contributed by atoms with Gasteiger partial charge in [-0.3, -0.25) is 14.3 Å². The number of carbonyl (C=O) groups excluding carboxylic acids is 1. The molecule has 2 heterocycles. The van der Waals surface area contributed by atoms with Crippen LogP contribution in [0.4, 0.5) is 0 Å². The molecule has 1 amide bonds. The third-order valence-electron chi connectivity index (χ3n) is 4.62. The summed E-state index contributed by atoms with van der Waals surface area (Å²) in [4.78, 5) is 16.5. The average molecular weight is 523 g/mol. The Labute approximate surface area is 202 Å². The van der Waals surface area contributed by atoms with Gasteiger partial charge in [0.05, 0.1) is 11.5 Å². The predicted molar refractivity (Wildman–Crippen MR) is 131 cm³/mol. The van der Waals surface area contributed by atoms with Gasteiger partial charge in [0.2, 0.25) is 0 Å². The highest BCUT2D eigenvalue weighted by atomic mass is 79.9. The molecule has 0 aliphatic heterocycles. The van der Waals surface area contributed by atoms with E-state index in [2.05, 4.69) is 41.6 Å². The summed E-state index contributed by atoms with van der Waals surface area (Å²) in [5.74, 6) is 0.669. The van der Waals surface area contributed by atoms with Gasteiger partial charge in [-0.25, -0.2) is 5.43 Å². The van der Waals surface area contributed by atoms with E-state index >= 15 is 0 Å². The number of nitrogens with zero attached hydrogens (tertiary/aromatic N) is 5. The fourth-order valence-corrected chi connectivity index (χ4v) is 3.96. The molecule has 0 aliphatic rings. The summed E-state index contributed by atoms with van der Waals surface area (Å²) in [5, 5.41) is 22.8. The second kappa shape index (κ2) is 10.4. The zero-order valence-electron chi connectivity index (χ0n) is 17.5. The van der Waals surface area contributed by atoms with E-state index in [1.165, 1.54) is 11.8 Å².